The Morgan fingerprint density at radius 1 is 1.17 bits per heavy atom. The van der Waals surface area contributed by atoms with E-state index in [1.165, 1.54) is 0 Å². The van der Waals surface area contributed by atoms with Crippen LogP contribution in [0, 0.1) is 13.8 Å². The fraction of sp³-hybridized carbons (Fsp3) is 0.158. The lowest BCUT2D eigenvalue weighted by molar-refractivity contribution is -0.118. The zero-order valence-electron chi connectivity index (χ0n) is 13.5. The monoisotopic (exact) mass is 340 g/mol. The summed E-state index contributed by atoms with van der Waals surface area (Å²) in [5.41, 5.74) is 3.26. The van der Waals surface area contributed by atoms with Gasteiger partial charge in [-0.3, -0.25) is 9.78 Å². The van der Waals surface area contributed by atoms with Crippen LogP contribution in [0.25, 0.3) is 10.9 Å². The number of aryl methyl sites for hydroxylation is 2. The Bertz CT molecular complexity index is 909. The average molecular weight is 341 g/mol. The normalized spacial score (nSPS) is 10.6. The highest BCUT2D eigenvalue weighted by Crippen LogP contribution is 2.23. The van der Waals surface area contributed by atoms with Crippen molar-refractivity contribution in [2.45, 2.75) is 13.8 Å². The molecule has 3 rings (SSSR count). The smallest absolute Gasteiger partial charge is 0.262 e. The molecule has 0 radical (unpaired) electrons. The Morgan fingerprint density at radius 2 is 2.00 bits per heavy atom. The van der Waals surface area contributed by atoms with Gasteiger partial charge in [0.25, 0.3) is 5.91 Å². The van der Waals surface area contributed by atoms with Crippen LogP contribution >= 0.6 is 11.6 Å². The second-order valence-electron chi connectivity index (χ2n) is 5.58. The third kappa shape index (κ3) is 3.66. The predicted molar refractivity (Wildman–Crippen MR) is 96.8 cm³/mol. The quantitative estimate of drug-likeness (QED) is 0.759. The van der Waals surface area contributed by atoms with Gasteiger partial charge in [-0.1, -0.05) is 29.8 Å². The van der Waals surface area contributed by atoms with Crippen molar-refractivity contribution in [1.29, 1.82) is 0 Å². The van der Waals surface area contributed by atoms with E-state index in [0.29, 0.717) is 16.5 Å². The molecule has 0 saturated carbocycles. The largest absolute Gasteiger partial charge is 0.484 e. The second kappa shape index (κ2) is 6.89. The van der Waals surface area contributed by atoms with E-state index in [0.717, 1.165) is 22.2 Å². The predicted octanol–water partition coefficient (Wildman–Crippen LogP) is 4.52. The number of anilines is 1. The fourth-order valence-electron chi connectivity index (χ4n) is 2.39. The third-order valence-electron chi connectivity index (χ3n) is 3.63. The Kier molecular flexibility index (Phi) is 4.67. The number of nitrogens with zero attached hydrogens (tertiary/aromatic N) is 1. The summed E-state index contributed by atoms with van der Waals surface area (Å²) in [5.74, 6) is 0.373. The van der Waals surface area contributed by atoms with Gasteiger partial charge in [-0.15, -0.1) is 0 Å². The van der Waals surface area contributed by atoms with E-state index >= 15 is 0 Å². The van der Waals surface area contributed by atoms with Crippen molar-refractivity contribution in [2.24, 2.45) is 0 Å². The van der Waals surface area contributed by atoms with E-state index in [9.17, 15) is 4.79 Å². The summed E-state index contributed by atoms with van der Waals surface area (Å²) >= 11 is 5.98. The van der Waals surface area contributed by atoms with Crippen LogP contribution < -0.4 is 10.1 Å². The van der Waals surface area contributed by atoms with Crippen LogP contribution in [0.3, 0.4) is 0 Å². The zero-order valence-corrected chi connectivity index (χ0v) is 14.2. The molecule has 5 heteroatoms. The van der Waals surface area contributed by atoms with Crippen LogP contribution in [0.2, 0.25) is 5.02 Å². The molecule has 1 aromatic heterocycles. The fourth-order valence-corrected chi connectivity index (χ4v) is 2.51. The van der Waals surface area contributed by atoms with Gasteiger partial charge in [-0.25, -0.2) is 0 Å². The molecule has 0 spiro atoms. The topological polar surface area (TPSA) is 51.2 Å². The van der Waals surface area contributed by atoms with E-state index in [-0.39, 0.29) is 12.5 Å². The summed E-state index contributed by atoms with van der Waals surface area (Å²) in [6, 6.07) is 14.9. The summed E-state index contributed by atoms with van der Waals surface area (Å²) in [4.78, 5) is 16.7. The Morgan fingerprint density at radius 3 is 2.79 bits per heavy atom. The van der Waals surface area contributed by atoms with Gasteiger partial charge in [-0.2, -0.15) is 0 Å². The minimum Gasteiger partial charge on any atom is -0.484 e. The number of halogens is 1. The minimum absolute atomic E-state index is 0.0801. The van der Waals surface area contributed by atoms with Gasteiger partial charge in [0.1, 0.15) is 5.75 Å². The van der Waals surface area contributed by atoms with Gasteiger partial charge in [0.2, 0.25) is 0 Å². The number of ether oxygens (including phenoxy) is 1. The standard InChI is InChI=1S/C19H17ClN2O2/c1-12-10-15(8-9-16(12)20)24-11-18(23)22-17-5-3-4-14-7-6-13(2)21-19(14)17/h3-10H,11H2,1-2H3,(H,22,23). The summed E-state index contributed by atoms with van der Waals surface area (Å²) < 4.78 is 5.52. The molecular weight excluding hydrogens is 324 g/mol. The summed E-state index contributed by atoms with van der Waals surface area (Å²) in [7, 11) is 0. The van der Waals surface area contributed by atoms with Crippen molar-refractivity contribution in [3.8, 4) is 5.75 Å². The summed E-state index contributed by atoms with van der Waals surface area (Å²) in [5, 5.41) is 4.51. The molecule has 1 amide bonds. The number of aromatic nitrogens is 1. The highest BCUT2D eigenvalue weighted by molar-refractivity contribution is 6.31. The Labute approximate surface area is 145 Å². The maximum atomic E-state index is 12.2. The van der Waals surface area contributed by atoms with Gasteiger partial charge < -0.3 is 10.1 Å². The second-order valence-corrected chi connectivity index (χ2v) is 5.98. The first-order valence-electron chi connectivity index (χ1n) is 7.58. The molecule has 0 unspecified atom stereocenters. The van der Waals surface area contributed by atoms with Crippen LogP contribution in [0.1, 0.15) is 11.3 Å². The van der Waals surface area contributed by atoms with Crippen LogP contribution in [-0.2, 0) is 4.79 Å². The van der Waals surface area contributed by atoms with Gasteiger partial charge in [0.15, 0.2) is 6.61 Å². The maximum absolute atomic E-state index is 12.2. The molecular formula is C19H17ClN2O2. The van der Waals surface area contributed by atoms with Gasteiger partial charge >= 0.3 is 0 Å². The maximum Gasteiger partial charge on any atom is 0.262 e. The lowest BCUT2D eigenvalue weighted by Gasteiger charge is -2.10. The number of benzene rings is 2. The Hall–Kier alpha value is -2.59. The van der Waals surface area contributed by atoms with Crippen LogP contribution in [0.15, 0.2) is 48.5 Å². The molecule has 24 heavy (non-hydrogen) atoms. The molecule has 1 heterocycles. The van der Waals surface area contributed by atoms with E-state index < -0.39 is 0 Å². The molecule has 0 aliphatic rings. The van der Waals surface area contributed by atoms with E-state index in [1.54, 1.807) is 18.2 Å². The molecule has 122 valence electrons. The van der Waals surface area contributed by atoms with Crippen LogP contribution in [0.4, 0.5) is 5.69 Å². The van der Waals surface area contributed by atoms with Crippen molar-refractivity contribution in [3.63, 3.8) is 0 Å². The number of rotatable bonds is 4. The number of carbonyl (C=O) groups excluding carboxylic acids is 1. The lowest BCUT2D eigenvalue weighted by atomic mass is 10.1. The highest BCUT2D eigenvalue weighted by Gasteiger charge is 2.08. The number of pyridine rings is 1. The van der Waals surface area contributed by atoms with Gasteiger partial charge in [0.05, 0.1) is 11.2 Å². The van der Waals surface area contributed by atoms with Crippen molar-refractivity contribution in [1.82, 2.24) is 4.98 Å². The van der Waals surface area contributed by atoms with Crippen LogP contribution in [-0.4, -0.2) is 17.5 Å². The first kappa shape index (κ1) is 16.3. The average Bonchev–Trinajstić information content (AvgIpc) is 2.56. The zero-order chi connectivity index (χ0) is 17.1. The molecule has 0 bridgehead atoms. The van der Waals surface area contributed by atoms with Crippen molar-refractivity contribution >= 4 is 34.1 Å². The van der Waals surface area contributed by atoms with Crippen molar-refractivity contribution < 1.29 is 9.53 Å². The molecule has 0 saturated heterocycles. The SMILES string of the molecule is Cc1ccc2cccc(NC(=O)COc3ccc(Cl)c(C)c3)c2n1. The third-order valence-corrected chi connectivity index (χ3v) is 4.06. The number of nitrogens with one attached hydrogen (secondary N) is 1. The highest BCUT2D eigenvalue weighted by atomic mass is 35.5. The molecule has 0 aliphatic carbocycles. The number of fused-ring (bicyclic) bond motifs is 1. The number of carbonyl (C=O) groups is 1. The minimum atomic E-state index is -0.238. The molecule has 3 aromatic rings. The first-order valence-corrected chi connectivity index (χ1v) is 7.96. The van der Waals surface area contributed by atoms with E-state index in [1.807, 2.05) is 44.2 Å². The number of para-hydroxylation sites is 1. The summed E-state index contributed by atoms with van der Waals surface area (Å²) in [6.07, 6.45) is 0. The van der Waals surface area contributed by atoms with Crippen molar-refractivity contribution in [2.75, 3.05) is 11.9 Å². The van der Waals surface area contributed by atoms with Crippen LogP contribution in [0.5, 0.6) is 5.75 Å². The number of hydrogen-bond acceptors (Lipinski definition) is 3. The first-order chi connectivity index (χ1) is 11.5. The molecule has 4 nitrogen and oxygen atoms in total. The van der Waals surface area contributed by atoms with E-state index in [4.69, 9.17) is 16.3 Å². The van der Waals surface area contributed by atoms with Gasteiger partial charge in [0, 0.05) is 16.1 Å². The lowest BCUT2D eigenvalue weighted by Crippen LogP contribution is -2.20. The number of hydrogen-bond donors (Lipinski definition) is 1. The molecule has 1 N–H and O–H groups in total. The Balaban J connectivity index is 1.71. The number of amides is 1. The molecule has 0 aliphatic heterocycles. The van der Waals surface area contributed by atoms with Gasteiger partial charge in [-0.05, 0) is 49.7 Å². The summed E-state index contributed by atoms with van der Waals surface area (Å²) in [6.45, 7) is 3.73. The molecule has 0 fully saturated rings. The van der Waals surface area contributed by atoms with E-state index in [2.05, 4.69) is 10.3 Å². The molecule has 0 atom stereocenters. The van der Waals surface area contributed by atoms with Crippen molar-refractivity contribution in [3.05, 3.63) is 64.8 Å². The molecule has 2 aromatic carbocycles.